The summed E-state index contributed by atoms with van der Waals surface area (Å²) in [6.45, 7) is 3.70. The normalized spacial score (nSPS) is 12.0. The van der Waals surface area contributed by atoms with Crippen molar-refractivity contribution in [3.05, 3.63) is 63.9 Å². The van der Waals surface area contributed by atoms with Crippen LogP contribution in [0.1, 0.15) is 18.1 Å². The Bertz CT molecular complexity index is 660. The van der Waals surface area contributed by atoms with Crippen LogP contribution in [0.15, 0.2) is 46.9 Å². The van der Waals surface area contributed by atoms with E-state index in [1.807, 2.05) is 38.1 Å². The molecule has 1 N–H and O–H groups in total. The van der Waals surface area contributed by atoms with E-state index in [1.165, 1.54) is 12.1 Å². The lowest BCUT2D eigenvalue weighted by atomic mass is 10.2. The molecule has 2 aromatic rings. The summed E-state index contributed by atoms with van der Waals surface area (Å²) in [5, 5.41) is 2.57. The second-order valence-corrected chi connectivity index (χ2v) is 7.27. The molecule has 5 heteroatoms. The van der Waals surface area contributed by atoms with E-state index in [2.05, 4.69) is 21.2 Å². The molecule has 0 bridgehead atoms. The molecule has 1 atom stereocenters. The predicted octanol–water partition coefficient (Wildman–Crippen LogP) is 5.16. The number of anilines is 1. The SMILES string of the molecule is Cc1ccc(F)cc1NC(=O)[C@@H](C)SCc1ccc(Br)cc1. The van der Waals surface area contributed by atoms with Crippen molar-refractivity contribution in [1.29, 1.82) is 0 Å². The number of carbonyl (C=O) groups is 1. The zero-order valence-corrected chi connectivity index (χ0v) is 14.8. The predicted molar refractivity (Wildman–Crippen MR) is 94.7 cm³/mol. The number of aryl methyl sites for hydroxylation is 1. The van der Waals surface area contributed by atoms with Crippen LogP contribution in [-0.4, -0.2) is 11.2 Å². The van der Waals surface area contributed by atoms with E-state index >= 15 is 0 Å². The third-order valence-electron chi connectivity index (χ3n) is 3.24. The van der Waals surface area contributed by atoms with Crippen molar-refractivity contribution in [2.24, 2.45) is 0 Å². The fourth-order valence-corrected chi connectivity index (χ4v) is 2.95. The maximum atomic E-state index is 13.2. The van der Waals surface area contributed by atoms with E-state index in [0.29, 0.717) is 5.69 Å². The highest BCUT2D eigenvalue weighted by atomic mass is 79.9. The summed E-state index contributed by atoms with van der Waals surface area (Å²) < 4.78 is 14.3. The van der Waals surface area contributed by atoms with Crippen molar-refractivity contribution in [3.8, 4) is 0 Å². The second kappa shape index (κ2) is 7.79. The number of hydrogen-bond acceptors (Lipinski definition) is 2. The fourth-order valence-electron chi connectivity index (χ4n) is 1.84. The molecule has 0 aliphatic heterocycles. The van der Waals surface area contributed by atoms with Gasteiger partial charge in [0.25, 0.3) is 0 Å². The number of rotatable bonds is 5. The molecule has 1 amide bonds. The number of thioether (sulfide) groups is 1. The molecule has 2 rings (SSSR count). The number of carbonyl (C=O) groups excluding carboxylic acids is 1. The molecule has 2 aromatic carbocycles. The molecule has 0 aliphatic rings. The third kappa shape index (κ3) is 4.85. The summed E-state index contributed by atoms with van der Waals surface area (Å²) in [6.07, 6.45) is 0. The van der Waals surface area contributed by atoms with E-state index in [1.54, 1.807) is 17.8 Å². The van der Waals surface area contributed by atoms with Crippen molar-refractivity contribution in [2.45, 2.75) is 24.9 Å². The average Bonchev–Trinajstić information content (AvgIpc) is 2.50. The molecule has 0 heterocycles. The Balaban J connectivity index is 1.91. The standard InChI is InChI=1S/C17H17BrFNOS/c1-11-3-8-15(19)9-16(11)20-17(21)12(2)22-10-13-4-6-14(18)7-5-13/h3-9,12H,10H2,1-2H3,(H,20,21)/t12-/m1/s1. The van der Waals surface area contributed by atoms with Gasteiger partial charge in [0.15, 0.2) is 0 Å². The van der Waals surface area contributed by atoms with E-state index < -0.39 is 0 Å². The molecule has 0 saturated carbocycles. The molecule has 0 aliphatic carbocycles. The molecule has 0 fully saturated rings. The largest absolute Gasteiger partial charge is 0.325 e. The first-order valence-corrected chi connectivity index (χ1v) is 8.73. The zero-order valence-electron chi connectivity index (χ0n) is 12.4. The van der Waals surface area contributed by atoms with Gasteiger partial charge in [0.1, 0.15) is 5.82 Å². The van der Waals surface area contributed by atoms with Crippen LogP contribution in [0.2, 0.25) is 0 Å². The molecule has 116 valence electrons. The van der Waals surface area contributed by atoms with Crippen molar-refractivity contribution in [2.75, 3.05) is 5.32 Å². The molecular weight excluding hydrogens is 365 g/mol. The number of nitrogens with one attached hydrogen (secondary N) is 1. The van der Waals surface area contributed by atoms with Crippen LogP contribution in [0, 0.1) is 12.7 Å². The monoisotopic (exact) mass is 381 g/mol. The second-order valence-electron chi connectivity index (χ2n) is 5.03. The number of benzene rings is 2. The van der Waals surface area contributed by atoms with Crippen molar-refractivity contribution >= 4 is 39.3 Å². The van der Waals surface area contributed by atoms with Crippen molar-refractivity contribution in [3.63, 3.8) is 0 Å². The lowest BCUT2D eigenvalue weighted by Crippen LogP contribution is -2.23. The van der Waals surface area contributed by atoms with Crippen LogP contribution in [0.3, 0.4) is 0 Å². The minimum absolute atomic E-state index is 0.115. The Hall–Kier alpha value is -1.33. The fraction of sp³-hybridized carbons (Fsp3) is 0.235. The molecule has 0 unspecified atom stereocenters. The van der Waals surface area contributed by atoms with Gasteiger partial charge in [0, 0.05) is 15.9 Å². The molecular formula is C17H17BrFNOS. The van der Waals surface area contributed by atoms with Crippen LogP contribution >= 0.6 is 27.7 Å². The van der Waals surface area contributed by atoms with Gasteiger partial charge in [-0.3, -0.25) is 4.79 Å². The Labute approximate surface area is 142 Å². The van der Waals surface area contributed by atoms with Gasteiger partial charge < -0.3 is 5.32 Å². The number of halogens is 2. The summed E-state index contributed by atoms with van der Waals surface area (Å²) in [6, 6.07) is 12.4. The molecule has 22 heavy (non-hydrogen) atoms. The first kappa shape index (κ1) is 17.0. The Morgan fingerprint density at radius 1 is 1.27 bits per heavy atom. The Morgan fingerprint density at radius 3 is 2.64 bits per heavy atom. The highest BCUT2D eigenvalue weighted by molar-refractivity contribution is 9.10. The minimum Gasteiger partial charge on any atom is -0.325 e. The summed E-state index contributed by atoms with van der Waals surface area (Å²) in [4.78, 5) is 12.2. The molecule has 0 aromatic heterocycles. The lowest BCUT2D eigenvalue weighted by Gasteiger charge is -2.13. The quantitative estimate of drug-likeness (QED) is 0.774. The van der Waals surface area contributed by atoms with Gasteiger partial charge in [0.05, 0.1) is 5.25 Å². The highest BCUT2D eigenvalue weighted by Crippen LogP contribution is 2.22. The van der Waals surface area contributed by atoms with Gasteiger partial charge in [-0.15, -0.1) is 11.8 Å². The zero-order chi connectivity index (χ0) is 16.1. The smallest absolute Gasteiger partial charge is 0.237 e. The van der Waals surface area contributed by atoms with E-state index in [9.17, 15) is 9.18 Å². The van der Waals surface area contributed by atoms with Gasteiger partial charge in [-0.2, -0.15) is 0 Å². The van der Waals surface area contributed by atoms with E-state index in [4.69, 9.17) is 0 Å². The molecule has 2 nitrogen and oxygen atoms in total. The highest BCUT2D eigenvalue weighted by Gasteiger charge is 2.15. The summed E-state index contributed by atoms with van der Waals surface area (Å²) in [5.41, 5.74) is 2.54. The third-order valence-corrected chi connectivity index (χ3v) is 4.98. The van der Waals surface area contributed by atoms with Gasteiger partial charge >= 0.3 is 0 Å². The van der Waals surface area contributed by atoms with Gasteiger partial charge in [-0.25, -0.2) is 4.39 Å². The first-order chi connectivity index (χ1) is 10.5. The van der Waals surface area contributed by atoms with Gasteiger partial charge in [-0.1, -0.05) is 34.1 Å². The van der Waals surface area contributed by atoms with Crippen molar-refractivity contribution < 1.29 is 9.18 Å². The van der Waals surface area contributed by atoms with Crippen LogP contribution in [0.4, 0.5) is 10.1 Å². The van der Waals surface area contributed by atoms with E-state index in [0.717, 1.165) is 21.4 Å². The summed E-state index contributed by atoms with van der Waals surface area (Å²) in [5.74, 6) is 0.288. The maximum Gasteiger partial charge on any atom is 0.237 e. The number of amides is 1. The average molecular weight is 382 g/mol. The summed E-state index contributed by atoms with van der Waals surface area (Å²) in [7, 11) is 0. The van der Waals surface area contributed by atoms with Crippen LogP contribution < -0.4 is 5.32 Å². The van der Waals surface area contributed by atoms with Gasteiger partial charge in [-0.05, 0) is 49.2 Å². The lowest BCUT2D eigenvalue weighted by molar-refractivity contribution is -0.115. The number of hydrogen-bond donors (Lipinski definition) is 1. The van der Waals surface area contributed by atoms with Gasteiger partial charge in [0.2, 0.25) is 5.91 Å². The maximum absolute atomic E-state index is 13.2. The van der Waals surface area contributed by atoms with Crippen LogP contribution in [-0.2, 0) is 10.5 Å². The molecule has 0 radical (unpaired) electrons. The topological polar surface area (TPSA) is 29.1 Å². The van der Waals surface area contributed by atoms with Crippen LogP contribution in [0.25, 0.3) is 0 Å². The summed E-state index contributed by atoms with van der Waals surface area (Å²) >= 11 is 4.95. The van der Waals surface area contributed by atoms with E-state index in [-0.39, 0.29) is 17.0 Å². The Kier molecular flexibility index (Phi) is 6.03. The van der Waals surface area contributed by atoms with Crippen molar-refractivity contribution in [1.82, 2.24) is 0 Å². The molecule has 0 saturated heterocycles. The first-order valence-electron chi connectivity index (χ1n) is 6.89. The molecule has 0 spiro atoms. The minimum atomic E-state index is -0.351. The Morgan fingerprint density at radius 2 is 1.95 bits per heavy atom. The van der Waals surface area contributed by atoms with Crippen LogP contribution in [0.5, 0.6) is 0 Å².